The van der Waals surface area contributed by atoms with Gasteiger partial charge in [-0.2, -0.15) is 5.26 Å². The molecule has 0 aliphatic carbocycles. The van der Waals surface area contributed by atoms with Crippen LogP contribution in [0.2, 0.25) is 0 Å². The summed E-state index contributed by atoms with van der Waals surface area (Å²) in [5.74, 6) is 0.416. The van der Waals surface area contributed by atoms with Gasteiger partial charge in [0, 0.05) is 10.9 Å². The molecule has 5 rings (SSSR count). The smallest absolute Gasteiger partial charge is 0.201 e. The Balaban J connectivity index is 1.93. The van der Waals surface area contributed by atoms with Crippen LogP contribution in [-0.4, -0.2) is 9.67 Å². The molecule has 0 fully saturated rings. The second-order valence-electron chi connectivity index (χ2n) is 8.25. The first-order chi connectivity index (χ1) is 13.8. The van der Waals surface area contributed by atoms with Gasteiger partial charge < -0.3 is 9.67 Å². The molecule has 0 amide bonds. The van der Waals surface area contributed by atoms with Crippen molar-refractivity contribution in [3.63, 3.8) is 0 Å². The molecule has 3 aromatic rings. The molecule has 0 saturated carbocycles. The summed E-state index contributed by atoms with van der Waals surface area (Å²) in [6.07, 6.45) is 2.15. The van der Waals surface area contributed by atoms with Gasteiger partial charge in [-0.05, 0) is 63.1 Å². The van der Waals surface area contributed by atoms with E-state index in [4.69, 9.17) is 0 Å². The molecular weight excluding hydrogens is 360 g/mol. The number of aryl methyl sites for hydroxylation is 1. The monoisotopic (exact) mass is 380 g/mol. The van der Waals surface area contributed by atoms with Gasteiger partial charge in [0.15, 0.2) is 5.82 Å². The molecule has 0 radical (unpaired) electrons. The van der Waals surface area contributed by atoms with Crippen LogP contribution in [-0.2, 0) is 5.54 Å². The number of hydrogen-bond acceptors (Lipinski definition) is 4. The number of aromatic nitrogens is 1. The van der Waals surface area contributed by atoms with Crippen LogP contribution in [0.25, 0.3) is 22.0 Å². The third-order valence-corrected chi connectivity index (χ3v) is 5.67. The molecule has 29 heavy (non-hydrogen) atoms. The zero-order valence-electron chi connectivity index (χ0n) is 16.8. The number of allylic oxidation sites excluding steroid dienone is 3. The predicted octanol–water partition coefficient (Wildman–Crippen LogP) is 3.95. The van der Waals surface area contributed by atoms with E-state index in [1.54, 1.807) is 0 Å². The van der Waals surface area contributed by atoms with Gasteiger partial charge in [-0.15, -0.1) is 0 Å². The average molecular weight is 380 g/mol. The molecule has 0 bridgehead atoms. The van der Waals surface area contributed by atoms with Crippen molar-refractivity contribution in [2.45, 2.75) is 33.2 Å². The lowest BCUT2D eigenvalue weighted by Gasteiger charge is -2.31. The molecule has 1 aromatic heterocycles. The Morgan fingerprint density at radius 3 is 2.38 bits per heavy atom. The fourth-order valence-electron chi connectivity index (χ4n) is 4.56. The van der Waals surface area contributed by atoms with Crippen molar-refractivity contribution in [2.24, 2.45) is 9.98 Å². The lowest BCUT2D eigenvalue weighted by Crippen LogP contribution is -2.26. The lowest BCUT2D eigenvalue weighted by molar-refractivity contribution is 0.361. The summed E-state index contributed by atoms with van der Waals surface area (Å²) in [5, 5.41) is 23.7. The molecule has 0 saturated heterocycles. The minimum absolute atomic E-state index is 0.0750. The quantitative estimate of drug-likeness (QED) is 0.649. The standard InChI is InChI=1S/C24H20N4O/c1-13-9-15-14(2)11-24(3,4)28-21(15)16(10-13)20(23(28)29)17(12-25)22-26-18-7-5-6-8-19(18)27-22/h5-11,29H,1-4H3. The molecule has 0 atom stereocenters. The van der Waals surface area contributed by atoms with Crippen LogP contribution in [0.4, 0.5) is 0 Å². The Bertz CT molecular complexity index is 1420. The minimum Gasteiger partial charge on any atom is -0.494 e. The van der Waals surface area contributed by atoms with E-state index in [1.807, 2.05) is 41.8 Å². The van der Waals surface area contributed by atoms with Crippen LogP contribution >= 0.6 is 0 Å². The second-order valence-corrected chi connectivity index (χ2v) is 8.25. The highest BCUT2D eigenvalue weighted by Crippen LogP contribution is 2.47. The molecule has 142 valence electrons. The highest BCUT2D eigenvalue weighted by Gasteiger charge is 2.34. The maximum atomic E-state index is 11.3. The topological polar surface area (TPSA) is 73.7 Å². The van der Waals surface area contributed by atoms with Crippen molar-refractivity contribution < 1.29 is 5.11 Å². The SMILES string of the molecule is CC1=CC(C)(C)n2c(O)c(C(C#N)=C3N=c4ccccc4=N3)c3cc(C)cc1c32. The molecule has 5 heteroatoms. The first kappa shape index (κ1) is 17.4. The number of benzene rings is 2. The van der Waals surface area contributed by atoms with Crippen LogP contribution in [0, 0.1) is 18.3 Å². The van der Waals surface area contributed by atoms with Crippen molar-refractivity contribution in [1.82, 2.24) is 4.57 Å². The highest BCUT2D eigenvalue weighted by atomic mass is 16.3. The van der Waals surface area contributed by atoms with Gasteiger partial charge in [0.2, 0.25) is 5.88 Å². The maximum Gasteiger partial charge on any atom is 0.201 e. The van der Waals surface area contributed by atoms with Gasteiger partial charge in [-0.25, -0.2) is 9.98 Å². The minimum atomic E-state index is -0.426. The third-order valence-electron chi connectivity index (χ3n) is 5.67. The molecule has 2 aliphatic rings. The molecule has 2 aromatic carbocycles. The van der Waals surface area contributed by atoms with Crippen molar-refractivity contribution in [1.29, 1.82) is 5.26 Å². The van der Waals surface area contributed by atoms with Gasteiger partial charge >= 0.3 is 0 Å². The van der Waals surface area contributed by atoms with E-state index in [0.29, 0.717) is 11.4 Å². The van der Waals surface area contributed by atoms with E-state index in [2.05, 4.69) is 49.0 Å². The van der Waals surface area contributed by atoms with Gasteiger partial charge in [0.05, 0.1) is 27.3 Å². The summed E-state index contributed by atoms with van der Waals surface area (Å²) in [6, 6.07) is 14.0. The van der Waals surface area contributed by atoms with Crippen molar-refractivity contribution >= 4 is 22.0 Å². The summed E-state index contributed by atoms with van der Waals surface area (Å²) in [6.45, 7) is 8.23. The van der Waals surface area contributed by atoms with Gasteiger partial charge in [0.25, 0.3) is 0 Å². The normalized spacial score (nSPS) is 16.0. The Hall–Kier alpha value is -3.65. The van der Waals surface area contributed by atoms with E-state index < -0.39 is 5.54 Å². The molecule has 3 heterocycles. The van der Waals surface area contributed by atoms with Crippen molar-refractivity contribution in [3.8, 4) is 11.9 Å². The second kappa shape index (κ2) is 5.68. The largest absolute Gasteiger partial charge is 0.494 e. The number of nitrogens with zero attached hydrogens (tertiary/aromatic N) is 4. The van der Waals surface area contributed by atoms with Crippen molar-refractivity contribution in [3.05, 3.63) is 75.7 Å². The Morgan fingerprint density at radius 2 is 1.76 bits per heavy atom. The molecular formula is C24H20N4O. The third kappa shape index (κ3) is 2.32. The zero-order chi connectivity index (χ0) is 20.5. The van der Waals surface area contributed by atoms with E-state index in [1.165, 1.54) is 0 Å². The predicted molar refractivity (Wildman–Crippen MR) is 113 cm³/mol. The van der Waals surface area contributed by atoms with E-state index in [-0.39, 0.29) is 11.5 Å². The number of hydrogen-bond donors (Lipinski definition) is 1. The number of para-hydroxylation sites is 2. The summed E-state index contributed by atoms with van der Waals surface area (Å²) in [4.78, 5) is 9.10. The summed E-state index contributed by atoms with van der Waals surface area (Å²) in [7, 11) is 0. The van der Waals surface area contributed by atoms with Crippen LogP contribution in [0.15, 0.2) is 58.3 Å². The highest BCUT2D eigenvalue weighted by molar-refractivity contribution is 6.05. The number of fused-ring (bicyclic) bond motifs is 1. The number of rotatable bonds is 1. The van der Waals surface area contributed by atoms with Crippen LogP contribution < -0.4 is 10.7 Å². The van der Waals surface area contributed by atoms with E-state index in [0.717, 1.165) is 38.3 Å². The maximum absolute atomic E-state index is 11.3. The fraction of sp³-hybridized carbons (Fsp3) is 0.208. The fourth-order valence-corrected chi connectivity index (χ4v) is 4.56. The van der Waals surface area contributed by atoms with Gasteiger partial charge in [-0.3, -0.25) is 0 Å². The summed E-state index contributed by atoms with van der Waals surface area (Å²) >= 11 is 0. The number of aromatic hydroxyl groups is 1. The zero-order valence-corrected chi connectivity index (χ0v) is 16.8. The average Bonchev–Trinajstić information content (AvgIpc) is 3.20. The molecule has 0 spiro atoms. The van der Waals surface area contributed by atoms with Gasteiger partial charge in [0.1, 0.15) is 11.6 Å². The Labute approximate surface area is 168 Å². The Morgan fingerprint density at radius 1 is 1.10 bits per heavy atom. The summed E-state index contributed by atoms with van der Waals surface area (Å²) in [5.41, 5.74) is 4.61. The van der Waals surface area contributed by atoms with E-state index in [9.17, 15) is 10.4 Å². The molecule has 5 nitrogen and oxygen atoms in total. The van der Waals surface area contributed by atoms with Gasteiger partial charge in [-0.1, -0.05) is 18.2 Å². The molecule has 2 aliphatic heterocycles. The van der Waals surface area contributed by atoms with Crippen molar-refractivity contribution in [2.75, 3.05) is 0 Å². The van der Waals surface area contributed by atoms with Crippen LogP contribution in [0.5, 0.6) is 5.88 Å². The number of nitriles is 1. The first-order valence-electron chi connectivity index (χ1n) is 9.57. The van der Waals surface area contributed by atoms with Crippen LogP contribution in [0.1, 0.15) is 37.5 Å². The summed E-state index contributed by atoms with van der Waals surface area (Å²) < 4.78 is 1.92. The first-order valence-corrected chi connectivity index (χ1v) is 9.57. The molecule has 1 N–H and O–H groups in total. The van der Waals surface area contributed by atoms with E-state index >= 15 is 0 Å². The van der Waals surface area contributed by atoms with Crippen LogP contribution in [0.3, 0.4) is 0 Å². The lowest BCUT2D eigenvalue weighted by atomic mass is 9.90. The molecule has 0 unspecified atom stereocenters. The Kier molecular flexibility index (Phi) is 3.42.